The first-order valence-corrected chi connectivity index (χ1v) is 6.96. The van der Waals surface area contributed by atoms with Gasteiger partial charge in [0, 0.05) is 6.54 Å². The van der Waals surface area contributed by atoms with Crippen LogP contribution in [0.15, 0.2) is 18.2 Å². The van der Waals surface area contributed by atoms with Crippen LogP contribution < -0.4 is 15.4 Å². The van der Waals surface area contributed by atoms with Crippen LogP contribution >= 0.6 is 0 Å². The Morgan fingerprint density at radius 3 is 2.75 bits per heavy atom. The Balaban J connectivity index is 1.73. The van der Waals surface area contributed by atoms with Crippen LogP contribution in [0.1, 0.15) is 17.5 Å². The third-order valence-corrected chi connectivity index (χ3v) is 3.48. The van der Waals surface area contributed by atoms with Gasteiger partial charge in [-0.25, -0.2) is 0 Å². The number of carbonyl (C=O) groups excluding carboxylic acids is 1. The first kappa shape index (κ1) is 14.8. The topological polar surface area (TPSA) is 70.6 Å². The van der Waals surface area contributed by atoms with Gasteiger partial charge in [-0.05, 0) is 31.4 Å². The van der Waals surface area contributed by atoms with Crippen molar-refractivity contribution in [3.05, 3.63) is 29.3 Å². The second-order valence-corrected chi connectivity index (χ2v) is 5.21. The highest BCUT2D eigenvalue weighted by Gasteiger charge is 2.27. The first-order chi connectivity index (χ1) is 9.58. The molecule has 0 spiro atoms. The lowest BCUT2D eigenvalue weighted by Gasteiger charge is -2.14. The van der Waals surface area contributed by atoms with Gasteiger partial charge in [0.15, 0.2) is 0 Å². The molecule has 1 aliphatic rings. The summed E-state index contributed by atoms with van der Waals surface area (Å²) in [6.45, 7) is 5.39. The summed E-state index contributed by atoms with van der Waals surface area (Å²) in [5.41, 5.74) is 2.19. The number of aryl methyl sites for hydroxylation is 2. The van der Waals surface area contributed by atoms with E-state index in [0.29, 0.717) is 26.1 Å². The fraction of sp³-hybridized carbons (Fsp3) is 0.533. The summed E-state index contributed by atoms with van der Waals surface area (Å²) in [4.78, 5) is 11.8. The van der Waals surface area contributed by atoms with Crippen molar-refractivity contribution in [2.75, 3.05) is 19.7 Å². The number of nitrogens with one attached hydrogen (secondary N) is 2. The predicted octanol–water partition coefficient (Wildman–Crippen LogP) is 0.521. The highest BCUT2D eigenvalue weighted by molar-refractivity contribution is 5.82. The molecule has 0 bridgehead atoms. The Morgan fingerprint density at radius 1 is 1.45 bits per heavy atom. The van der Waals surface area contributed by atoms with E-state index in [1.165, 1.54) is 0 Å². The third kappa shape index (κ3) is 3.71. The maximum absolute atomic E-state index is 11.8. The quantitative estimate of drug-likeness (QED) is 0.687. The van der Waals surface area contributed by atoms with Gasteiger partial charge in [0.05, 0.1) is 18.7 Å². The van der Waals surface area contributed by atoms with Gasteiger partial charge < -0.3 is 20.5 Å². The lowest BCUT2D eigenvalue weighted by atomic mass is 10.1. The Labute approximate surface area is 119 Å². The molecule has 5 heteroatoms. The molecule has 20 heavy (non-hydrogen) atoms. The fourth-order valence-corrected chi connectivity index (χ4v) is 2.39. The van der Waals surface area contributed by atoms with E-state index < -0.39 is 6.10 Å². The molecule has 1 saturated heterocycles. The summed E-state index contributed by atoms with van der Waals surface area (Å²) in [6.07, 6.45) is 0.0560. The van der Waals surface area contributed by atoms with E-state index in [4.69, 9.17) is 4.74 Å². The summed E-state index contributed by atoms with van der Waals surface area (Å²) in [7, 11) is 0. The number of amides is 1. The number of aliphatic hydroxyl groups excluding tert-OH is 1. The molecule has 1 heterocycles. The van der Waals surface area contributed by atoms with E-state index in [1.54, 1.807) is 0 Å². The van der Waals surface area contributed by atoms with Gasteiger partial charge in [-0.15, -0.1) is 0 Å². The fourth-order valence-electron chi connectivity index (χ4n) is 2.39. The Bertz CT molecular complexity index is 456. The van der Waals surface area contributed by atoms with Gasteiger partial charge in [-0.3, -0.25) is 4.79 Å². The van der Waals surface area contributed by atoms with Gasteiger partial charge in [0.25, 0.3) is 0 Å². The van der Waals surface area contributed by atoms with E-state index in [0.717, 1.165) is 16.9 Å². The van der Waals surface area contributed by atoms with Crippen molar-refractivity contribution in [2.45, 2.75) is 32.4 Å². The molecule has 0 aliphatic carbocycles. The molecule has 1 aromatic rings. The van der Waals surface area contributed by atoms with Gasteiger partial charge in [-0.2, -0.15) is 0 Å². The average Bonchev–Trinajstić information content (AvgIpc) is 2.84. The molecule has 0 aromatic heterocycles. The summed E-state index contributed by atoms with van der Waals surface area (Å²) in [6, 6.07) is 5.72. The second-order valence-electron chi connectivity index (χ2n) is 5.21. The number of para-hydroxylation sites is 1. The van der Waals surface area contributed by atoms with Crippen molar-refractivity contribution in [1.82, 2.24) is 10.6 Å². The van der Waals surface area contributed by atoms with Crippen molar-refractivity contribution in [2.24, 2.45) is 0 Å². The number of hydrogen-bond acceptors (Lipinski definition) is 4. The maximum Gasteiger partial charge on any atom is 0.237 e. The lowest BCUT2D eigenvalue weighted by Crippen LogP contribution is -2.41. The smallest absolute Gasteiger partial charge is 0.237 e. The second kappa shape index (κ2) is 6.72. The zero-order chi connectivity index (χ0) is 14.5. The van der Waals surface area contributed by atoms with Crippen LogP contribution in [0.25, 0.3) is 0 Å². The van der Waals surface area contributed by atoms with Crippen molar-refractivity contribution >= 4 is 5.91 Å². The minimum Gasteiger partial charge on any atom is -0.491 e. The largest absolute Gasteiger partial charge is 0.491 e. The molecule has 2 atom stereocenters. The van der Waals surface area contributed by atoms with Crippen LogP contribution in [0.5, 0.6) is 5.75 Å². The van der Waals surface area contributed by atoms with Crippen LogP contribution in [0, 0.1) is 13.8 Å². The molecule has 1 aliphatic heterocycles. The summed E-state index contributed by atoms with van der Waals surface area (Å²) >= 11 is 0. The number of carbonyl (C=O) groups is 1. The van der Waals surface area contributed by atoms with E-state index in [2.05, 4.69) is 10.6 Å². The molecule has 1 amide bonds. The van der Waals surface area contributed by atoms with Crippen LogP contribution in [0.3, 0.4) is 0 Å². The van der Waals surface area contributed by atoms with Crippen LogP contribution in [0.2, 0.25) is 0 Å². The first-order valence-electron chi connectivity index (χ1n) is 6.96. The molecule has 1 aromatic carbocycles. The molecular weight excluding hydrogens is 256 g/mol. The normalized spacial score (nSPS) is 21.8. The average molecular weight is 278 g/mol. The third-order valence-electron chi connectivity index (χ3n) is 3.48. The van der Waals surface area contributed by atoms with Gasteiger partial charge in [0.2, 0.25) is 5.91 Å². The van der Waals surface area contributed by atoms with E-state index >= 15 is 0 Å². The van der Waals surface area contributed by atoms with Crippen LogP contribution in [0.4, 0.5) is 0 Å². The van der Waals surface area contributed by atoms with E-state index in [-0.39, 0.29) is 11.9 Å². The number of β-amino-alcohol motifs (C(OH)–C–C–N with tert-alkyl or cyclic N) is 1. The van der Waals surface area contributed by atoms with Gasteiger partial charge >= 0.3 is 0 Å². The Kier molecular flexibility index (Phi) is 4.98. The number of aliphatic hydroxyl groups is 1. The molecule has 1 fully saturated rings. The molecular formula is C15H22N2O3. The highest BCUT2D eigenvalue weighted by Crippen LogP contribution is 2.21. The molecule has 0 radical (unpaired) electrons. The monoisotopic (exact) mass is 278 g/mol. The van der Waals surface area contributed by atoms with Gasteiger partial charge in [0.1, 0.15) is 12.4 Å². The van der Waals surface area contributed by atoms with Crippen molar-refractivity contribution < 1.29 is 14.6 Å². The number of hydrogen-bond donors (Lipinski definition) is 3. The summed E-state index contributed by atoms with van der Waals surface area (Å²) < 4.78 is 5.72. The molecule has 3 N–H and O–H groups in total. The number of rotatable bonds is 5. The Morgan fingerprint density at radius 2 is 2.15 bits per heavy atom. The SMILES string of the molecule is Cc1cccc(C)c1OCCNC(=O)[C@H]1C[C@H](O)CN1. The minimum atomic E-state index is -0.420. The molecule has 0 saturated carbocycles. The summed E-state index contributed by atoms with van der Waals surface area (Å²) in [5, 5.41) is 15.2. The highest BCUT2D eigenvalue weighted by atomic mass is 16.5. The van der Waals surface area contributed by atoms with E-state index in [9.17, 15) is 9.90 Å². The number of ether oxygens (including phenoxy) is 1. The van der Waals surface area contributed by atoms with Crippen LogP contribution in [-0.2, 0) is 4.79 Å². The van der Waals surface area contributed by atoms with E-state index in [1.807, 2.05) is 32.0 Å². The molecule has 5 nitrogen and oxygen atoms in total. The Hall–Kier alpha value is -1.59. The minimum absolute atomic E-state index is 0.0772. The molecule has 2 rings (SSSR count). The zero-order valence-electron chi connectivity index (χ0n) is 12.0. The molecule has 110 valence electrons. The van der Waals surface area contributed by atoms with Gasteiger partial charge in [-0.1, -0.05) is 18.2 Å². The predicted molar refractivity (Wildman–Crippen MR) is 76.8 cm³/mol. The maximum atomic E-state index is 11.8. The summed E-state index contributed by atoms with van der Waals surface area (Å²) in [5.74, 6) is 0.808. The van der Waals surface area contributed by atoms with Crippen molar-refractivity contribution in [1.29, 1.82) is 0 Å². The van der Waals surface area contributed by atoms with Crippen molar-refractivity contribution in [3.63, 3.8) is 0 Å². The lowest BCUT2D eigenvalue weighted by molar-refractivity contribution is -0.123. The van der Waals surface area contributed by atoms with Crippen LogP contribution in [-0.4, -0.2) is 42.9 Å². The van der Waals surface area contributed by atoms with Crippen molar-refractivity contribution in [3.8, 4) is 5.75 Å². The molecule has 0 unspecified atom stereocenters. The standard InChI is InChI=1S/C15H22N2O3/c1-10-4-3-5-11(2)14(10)20-7-6-16-15(19)13-8-12(18)9-17-13/h3-5,12-13,17-18H,6-9H2,1-2H3,(H,16,19)/t12-,13+/m0/s1. The zero-order valence-corrected chi connectivity index (χ0v) is 12.0. The number of benzene rings is 1.